The van der Waals surface area contributed by atoms with Crippen LogP contribution in [0.2, 0.25) is 0 Å². The molecule has 0 saturated carbocycles. The van der Waals surface area contributed by atoms with E-state index in [0.29, 0.717) is 11.5 Å². The van der Waals surface area contributed by atoms with Crippen molar-refractivity contribution in [2.45, 2.75) is 6.54 Å². The SMILES string of the molecule is COc1ccc(CNC(=O)NC(=O)CCl)c(OC)c1. The molecule has 1 aromatic rings. The molecule has 0 spiro atoms. The molecule has 0 heterocycles. The van der Waals surface area contributed by atoms with Gasteiger partial charge in [-0.2, -0.15) is 0 Å². The molecule has 104 valence electrons. The van der Waals surface area contributed by atoms with Crippen LogP contribution < -0.4 is 20.1 Å². The average molecular weight is 287 g/mol. The number of imide groups is 1. The van der Waals surface area contributed by atoms with Crippen molar-refractivity contribution < 1.29 is 19.1 Å². The van der Waals surface area contributed by atoms with Gasteiger partial charge < -0.3 is 14.8 Å². The van der Waals surface area contributed by atoms with Crippen LogP contribution in [0, 0.1) is 0 Å². The fraction of sp³-hybridized carbons (Fsp3) is 0.333. The minimum atomic E-state index is -0.608. The van der Waals surface area contributed by atoms with Crippen LogP contribution in [0.1, 0.15) is 5.56 Å². The van der Waals surface area contributed by atoms with E-state index in [0.717, 1.165) is 5.56 Å². The Hall–Kier alpha value is -1.95. The van der Waals surface area contributed by atoms with E-state index >= 15 is 0 Å². The molecule has 0 fully saturated rings. The zero-order valence-electron chi connectivity index (χ0n) is 10.7. The van der Waals surface area contributed by atoms with Gasteiger partial charge in [0, 0.05) is 18.2 Å². The van der Waals surface area contributed by atoms with Crippen LogP contribution in [0.15, 0.2) is 18.2 Å². The highest BCUT2D eigenvalue weighted by Gasteiger charge is 2.08. The molecule has 0 saturated heterocycles. The second kappa shape index (κ2) is 7.48. The molecule has 0 aliphatic rings. The minimum Gasteiger partial charge on any atom is -0.497 e. The van der Waals surface area contributed by atoms with Crippen molar-refractivity contribution >= 4 is 23.5 Å². The topological polar surface area (TPSA) is 76.7 Å². The minimum absolute atomic E-state index is 0.217. The Morgan fingerprint density at radius 2 is 2.00 bits per heavy atom. The van der Waals surface area contributed by atoms with E-state index in [4.69, 9.17) is 21.1 Å². The molecule has 0 atom stereocenters. The number of hydrogen-bond donors (Lipinski definition) is 2. The van der Waals surface area contributed by atoms with Gasteiger partial charge in [-0.1, -0.05) is 0 Å². The van der Waals surface area contributed by atoms with Gasteiger partial charge in [-0.05, 0) is 12.1 Å². The molecule has 7 heteroatoms. The van der Waals surface area contributed by atoms with Crippen LogP contribution in [0.4, 0.5) is 4.79 Å². The summed E-state index contributed by atoms with van der Waals surface area (Å²) in [6, 6.07) is 4.62. The first-order valence-corrected chi connectivity index (χ1v) is 5.98. The number of carbonyl (C=O) groups excluding carboxylic acids is 2. The van der Waals surface area contributed by atoms with E-state index < -0.39 is 11.9 Å². The van der Waals surface area contributed by atoms with Crippen molar-refractivity contribution in [3.8, 4) is 11.5 Å². The number of alkyl halides is 1. The number of ether oxygens (including phenoxy) is 2. The zero-order valence-corrected chi connectivity index (χ0v) is 11.4. The first kappa shape index (κ1) is 15.1. The molecule has 0 aromatic heterocycles. The van der Waals surface area contributed by atoms with Crippen LogP contribution in [0.25, 0.3) is 0 Å². The van der Waals surface area contributed by atoms with E-state index in [1.165, 1.54) is 7.11 Å². The Morgan fingerprint density at radius 1 is 1.26 bits per heavy atom. The van der Waals surface area contributed by atoms with Gasteiger partial charge in [0.1, 0.15) is 17.4 Å². The summed E-state index contributed by atoms with van der Waals surface area (Å²) in [7, 11) is 3.08. The number of hydrogen-bond acceptors (Lipinski definition) is 4. The Balaban J connectivity index is 2.62. The Morgan fingerprint density at radius 3 is 2.58 bits per heavy atom. The van der Waals surface area contributed by atoms with E-state index in [2.05, 4.69) is 10.6 Å². The highest BCUT2D eigenvalue weighted by Crippen LogP contribution is 2.24. The molecule has 0 bridgehead atoms. The molecule has 19 heavy (non-hydrogen) atoms. The molecule has 0 aliphatic heterocycles. The third-order valence-corrected chi connectivity index (χ3v) is 2.55. The Kier molecular flexibility index (Phi) is 5.95. The number of nitrogens with one attached hydrogen (secondary N) is 2. The normalized spacial score (nSPS) is 9.63. The van der Waals surface area contributed by atoms with Gasteiger partial charge in [0.25, 0.3) is 0 Å². The summed E-state index contributed by atoms with van der Waals surface area (Å²) in [5.74, 6) is 0.422. The van der Waals surface area contributed by atoms with E-state index in [-0.39, 0.29) is 12.4 Å². The van der Waals surface area contributed by atoms with Gasteiger partial charge in [-0.25, -0.2) is 4.79 Å². The van der Waals surface area contributed by atoms with Crippen LogP contribution in [0.3, 0.4) is 0 Å². The zero-order chi connectivity index (χ0) is 14.3. The van der Waals surface area contributed by atoms with E-state index in [1.54, 1.807) is 25.3 Å². The fourth-order valence-corrected chi connectivity index (χ4v) is 1.44. The molecule has 1 aromatic carbocycles. The van der Waals surface area contributed by atoms with Gasteiger partial charge in [-0.15, -0.1) is 11.6 Å². The maximum absolute atomic E-state index is 11.3. The summed E-state index contributed by atoms with van der Waals surface area (Å²) in [5.41, 5.74) is 0.761. The summed E-state index contributed by atoms with van der Waals surface area (Å²) >= 11 is 5.27. The first-order valence-electron chi connectivity index (χ1n) is 5.45. The third kappa shape index (κ3) is 4.67. The molecular weight excluding hydrogens is 272 g/mol. The molecule has 2 N–H and O–H groups in total. The van der Waals surface area contributed by atoms with Crippen molar-refractivity contribution in [1.82, 2.24) is 10.6 Å². The van der Waals surface area contributed by atoms with Gasteiger partial charge in [-0.3, -0.25) is 10.1 Å². The molecular formula is C12H15ClN2O4. The maximum atomic E-state index is 11.3. The number of benzene rings is 1. The van der Waals surface area contributed by atoms with Gasteiger partial charge in [0.2, 0.25) is 5.91 Å². The average Bonchev–Trinajstić information content (AvgIpc) is 2.44. The van der Waals surface area contributed by atoms with Crippen molar-refractivity contribution in [2.75, 3.05) is 20.1 Å². The lowest BCUT2D eigenvalue weighted by molar-refractivity contribution is -0.117. The molecule has 3 amide bonds. The standard InChI is InChI=1S/C12H15ClN2O4/c1-18-9-4-3-8(10(5-9)19-2)7-14-12(17)15-11(16)6-13/h3-5H,6-7H2,1-2H3,(H2,14,15,16,17). The Labute approximate surface area is 116 Å². The first-order chi connectivity index (χ1) is 9.10. The third-order valence-electron chi connectivity index (χ3n) is 2.31. The maximum Gasteiger partial charge on any atom is 0.321 e. The lowest BCUT2D eigenvalue weighted by Gasteiger charge is -2.11. The summed E-state index contributed by atoms with van der Waals surface area (Å²) in [6.07, 6.45) is 0. The monoisotopic (exact) mass is 286 g/mol. The summed E-state index contributed by atoms with van der Waals surface area (Å²) in [6.45, 7) is 0.217. The summed E-state index contributed by atoms with van der Waals surface area (Å²) < 4.78 is 10.2. The number of halogens is 1. The lowest BCUT2D eigenvalue weighted by Crippen LogP contribution is -2.39. The molecule has 0 aliphatic carbocycles. The quantitative estimate of drug-likeness (QED) is 0.799. The summed E-state index contributed by atoms with van der Waals surface area (Å²) in [5, 5.41) is 4.60. The Bertz CT molecular complexity index is 465. The van der Waals surface area contributed by atoms with E-state index in [9.17, 15) is 9.59 Å². The predicted octanol–water partition coefficient (Wildman–Crippen LogP) is 1.27. The summed E-state index contributed by atoms with van der Waals surface area (Å²) in [4.78, 5) is 22.2. The number of methoxy groups -OCH3 is 2. The predicted molar refractivity (Wildman–Crippen MR) is 70.6 cm³/mol. The molecule has 0 unspecified atom stereocenters. The molecule has 0 radical (unpaired) electrons. The van der Waals surface area contributed by atoms with Gasteiger partial charge in [0.05, 0.1) is 14.2 Å². The number of rotatable bonds is 5. The van der Waals surface area contributed by atoms with Crippen molar-refractivity contribution in [3.63, 3.8) is 0 Å². The lowest BCUT2D eigenvalue weighted by atomic mass is 10.2. The number of amides is 3. The fourth-order valence-electron chi connectivity index (χ4n) is 1.38. The second-order valence-corrected chi connectivity index (χ2v) is 3.81. The highest BCUT2D eigenvalue weighted by atomic mass is 35.5. The van der Waals surface area contributed by atoms with Gasteiger partial charge >= 0.3 is 6.03 Å². The smallest absolute Gasteiger partial charge is 0.321 e. The number of carbonyl (C=O) groups is 2. The van der Waals surface area contributed by atoms with Crippen molar-refractivity contribution in [2.24, 2.45) is 0 Å². The van der Waals surface area contributed by atoms with Crippen LogP contribution in [0.5, 0.6) is 11.5 Å². The van der Waals surface area contributed by atoms with E-state index in [1.807, 2.05) is 0 Å². The van der Waals surface area contributed by atoms with Crippen LogP contribution in [-0.4, -0.2) is 32.0 Å². The van der Waals surface area contributed by atoms with Crippen LogP contribution >= 0.6 is 11.6 Å². The van der Waals surface area contributed by atoms with Crippen molar-refractivity contribution in [3.05, 3.63) is 23.8 Å². The molecule has 6 nitrogen and oxygen atoms in total. The molecule has 1 rings (SSSR count). The number of urea groups is 1. The second-order valence-electron chi connectivity index (χ2n) is 3.54. The van der Waals surface area contributed by atoms with Crippen molar-refractivity contribution in [1.29, 1.82) is 0 Å². The highest BCUT2D eigenvalue weighted by molar-refractivity contribution is 6.28. The van der Waals surface area contributed by atoms with Crippen LogP contribution in [-0.2, 0) is 11.3 Å². The largest absolute Gasteiger partial charge is 0.497 e. The van der Waals surface area contributed by atoms with Gasteiger partial charge in [0.15, 0.2) is 0 Å².